The molecule has 1 aromatic rings. The first-order chi connectivity index (χ1) is 12.6. The summed E-state index contributed by atoms with van der Waals surface area (Å²) < 4.78 is 32.6. The average molecular weight is 400 g/mol. The number of hydrogen-bond donors (Lipinski definition) is 1. The number of hydrogen-bond acceptors (Lipinski definition) is 6. The number of sulfonamides is 1. The molecule has 3 aliphatic rings. The second-order valence-electron chi connectivity index (χ2n) is 7.18. The normalized spacial score (nSPS) is 27.9. The van der Waals surface area contributed by atoms with Crippen LogP contribution in [-0.4, -0.2) is 76.0 Å². The highest BCUT2D eigenvalue weighted by Gasteiger charge is 2.35. The Kier molecular flexibility index (Phi) is 5.34. The Morgan fingerprint density at radius 3 is 2.42 bits per heavy atom. The summed E-state index contributed by atoms with van der Waals surface area (Å²) in [6.07, 6.45) is 1.97. The number of fused-ring (bicyclic) bond motifs is 1. The van der Waals surface area contributed by atoms with E-state index in [0.717, 1.165) is 25.9 Å². The van der Waals surface area contributed by atoms with Crippen LogP contribution in [-0.2, 0) is 14.8 Å². The van der Waals surface area contributed by atoms with Gasteiger partial charge in [-0.2, -0.15) is 4.31 Å². The Bertz CT molecular complexity index is 744. The fourth-order valence-electron chi connectivity index (χ4n) is 4.15. The number of carbonyl (C=O) groups is 1. The summed E-state index contributed by atoms with van der Waals surface area (Å²) in [5.74, 6) is 1.13. The van der Waals surface area contributed by atoms with Crippen molar-refractivity contribution in [1.82, 2.24) is 14.5 Å². The van der Waals surface area contributed by atoms with Crippen LogP contribution in [0, 0.1) is 11.8 Å². The molecule has 4 heterocycles. The Balaban J connectivity index is 1.53. The number of thiophene rings is 1. The molecular formula is C17H25N3O4S2. The molecule has 3 aliphatic heterocycles. The molecule has 0 unspecified atom stereocenters. The van der Waals surface area contributed by atoms with Gasteiger partial charge in [-0.15, -0.1) is 11.3 Å². The first-order valence-electron chi connectivity index (χ1n) is 9.23. The van der Waals surface area contributed by atoms with E-state index in [1.807, 2.05) is 4.90 Å². The van der Waals surface area contributed by atoms with Gasteiger partial charge in [0, 0.05) is 26.2 Å². The lowest BCUT2D eigenvalue weighted by Gasteiger charge is -2.26. The van der Waals surface area contributed by atoms with Crippen molar-refractivity contribution in [3.05, 3.63) is 16.3 Å². The van der Waals surface area contributed by atoms with Gasteiger partial charge in [-0.05, 0) is 49.2 Å². The van der Waals surface area contributed by atoms with Gasteiger partial charge >= 0.3 is 0 Å². The van der Waals surface area contributed by atoms with Gasteiger partial charge in [-0.25, -0.2) is 8.42 Å². The van der Waals surface area contributed by atoms with Gasteiger partial charge < -0.3 is 15.0 Å². The van der Waals surface area contributed by atoms with E-state index in [0.29, 0.717) is 56.1 Å². The van der Waals surface area contributed by atoms with E-state index >= 15 is 0 Å². The maximum atomic E-state index is 13.1. The molecule has 0 aliphatic carbocycles. The Labute approximate surface area is 158 Å². The van der Waals surface area contributed by atoms with Crippen molar-refractivity contribution in [2.75, 3.05) is 52.5 Å². The van der Waals surface area contributed by atoms with Crippen molar-refractivity contribution in [1.29, 1.82) is 0 Å². The van der Waals surface area contributed by atoms with Crippen LogP contribution in [0.2, 0.25) is 0 Å². The molecule has 7 nitrogen and oxygen atoms in total. The molecule has 0 radical (unpaired) electrons. The molecule has 1 aromatic heterocycles. The lowest BCUT2D eigenvalue weighted by molar-refractivity contribution is 0.0726. The zero-order valence-corrected chi connectivity index (χ0v) is 16.4. The van der Waals surface area contributed by atoms with Crippen LogP contribution in [0.25, 0.3) is 0 Å². The van der Waals surface area contributed by atoms with E-state index in [1.165, 1.54) is 15.6 Å². The minimum Gasteiger partial charge on any atom is -0.379 e. The quantitative estimate of drug-likeness (QED) is 0.815. The van der Waals surface area contributed by atoms with Crippen molar-refractivity contribution in [2.45, 2.75) is 17.7 Å². The zero-order valence-electron chi connectivity index (χ0n) is 14.7. The third-order valence-electron chi connectivity index (χ3n) is 5.72. The number of ether oxygens (including phenoxy) is 1. The first kappa shape index (κ1) is 18.4. The molecule has 3 saturated heterocycles. The first-order valence-corrected chi connectivity index (χ1v) is 11.5. The van der Waals surface area contributed by atoms with Crippen LogP contribution < -0.4 is 5.32 Å². The number of rotatable bonds is 3. The maximum absolute atomic E-state index is 13.1. The number of nitrogens with zero attached hydrogens (tertiary/aromatic N) is 2. The molecule has 0 saturated carbocycles. The van der Waals surface area contributed by atoms with Crippen LogP contribution in [0.1, 0.15) is 22.5 Å². The molecular weight excluding hydrogens is 374 g/mol. The Hall–Kier alpha value is -1.00. The summed E-state index contributed by atoms with van der Waals surface area (Å²) in [5.41, 5.74) is 0. The van der Waals surface area contributed by atoms with E-state index in [2.05, 4.69) is 5.32 Å². The number of nitrogens with one attached hydrogen (secondary N) is 1. The van der Waals surface area contributed by atoms with E-state index in [1.54, 1.807) is 11.4 Å². The molecule has 26 heavy (non-hydrogen) atoms. The second-order valence-corrected chi connectivity index (χ2v) is 10.0. The van der Waals surface area contributed by atoms with Gasteiger partial charge in [0.15, 0.2) is 0 Å². The van der Waals surface area contributed by atoms with Gasteiger partial charge in [0.05, 0.1) is 13.2 Å². The SMILES string of the molecule is O=C(c1sccc1S(=O)(=O)N1CCOCC1)N1CC[C@@H]2CNC[C@@H]2CC1. The van der Waals surface area contributed by atoms with Gasteiger partial charge in [0.2, 0.25) is 10.0 Å². The van der Waals surface area contributed by atoms with Gasteiger partial charge in [-0.3, -0.25) is 4.79 Å². The predicted molar refractivity (Wildman–Crippen MR) is 98.9 cm³/mol. The molecule has 144 valence electrons. The molecule has 0 bridgehead atoms. The summed E-state index contributed by atoms with van der Waals surface area (Å²) in [6, 6.07) is 1.57. The van der Waals surface area contributed by atoms with Gasteiger partial charge in [0.25, 0.3) is 5.91 Å². The predicted octanol–water partition coefficient (Wildman–Crippen LogP) is 0.841. The molecule has 4 rings (SSSR count). The largest absolute Gasteiger partial charge is 0.379 e. The maximum Gasteiger partial charge on any atom is 0.265 e. The molecule has 0 aromatic carbocycles. The topological polar surface area (TPSA) is 79.0 Å². The minimum absolute atomic E-state index is 0.139. The highest BCUT2D eigenvalue weighted by molar-refractivity contribution is 7.89. The summed E-state index contributed by atoms with van der Waals surface area (Å²) >= 11 is 1.23. The van der Waals surface area contributed by atoms with Crippen molar-refractivity contribution in [3.63, 3.8) is 0 Å². The smallest absolute Gasteiger partial charge is 0.265 e. The van der Waals surface area contributed by atoms with Crippen molar-refractivity contribution >= 4 is 27.3 Å². The third-order valence-corrected chi connectivity index (χ3v) is 8.69. The molecule has 1 amide bonds. The van der Waals surface area contributed by atoms with E-state index in [-0.39, 0.29) is 10.8 Å². The average Bonchev–Trinajstić information content (AvgIpc) is 3.28. The summed E-state index contributed by atoms with van der Waals surface area (Å²) in [4.78, 5) is 15.4. The fourth-order valence-corrected chi connectivity index (χ4v) is 6.92. The van der Waals surface area contributed by atoms with Crippen molar-refractivity contribution in [3.8, 4) is 0 Å². The van der Waals surface area contributed by atoms with Crippen molar-refractivity contribution in [2.24, 2.45) is 11.8 Å². The summed E-state index contributed by atoms with van der Waals surface area (Å²) in [7, 11) is -3.65. The van der Waals surface area contributed by atoms with Crippen LogP contribution in [0.3, 0.4) is 0 Å². The number of carbonyl (C=O) groups excluding carboxylic acids is 1. The van der Waals surface area contributed by atoms with Gasteiger partial charge in [-0.1, -0.05) is 0 Å². The Morgan fingerprint density at radius 2 is 1.77 bits per heavy atom. The Morgan fingerprint density at radius 1 is 1.12 bits per heavy atom. The second kappa shape index (κ2) is 7.55. The third kappa shape index (κ3) is 3.43. The molecule has 2 atom stereocenters. The lowest BCUT2D eigenvalue weighted by Crippen LogP contribution is -2.41. The van der Waals surface area contributed by atoms with E-state index in [9.17, 15) is 13.2 Å². The standard InChI is InChI=1S/C17H25N3O4S2/c21-17(19-4-1-13-11-18-12-14(13)2-5-19)16-15(3-10-25-16)26(22,23)20-6-8-24-9-7-20/h3,10,13-14,18H,1-2,4-9,11-12H2/t13-,14+. The van der Waals surface area contributed by atoms with Crippen LogP contribution >= 0.6 is 11.3 Å². The number of likely N-dealkylation sites (tertiary alicyclic amines) is 1. The van der Waals surface area contributed by atoms with Crippen LogP contribution in [0.4, 0.5) is 0 Å². The zero-order chi connectivity index (χ0) is 18.1. The lowest BCUT2D eigenvalue weighted by atomic mass is 9.92. The van der Waals surface area contributed by atoms with Crippen molar-refractivity contribution < 1.29 is 17.9 Å². The van der Waals surface area contributed by atoms with E-state index in [4.69, 9.17) is 4.74 Å². The highest BCUT2D eigenvalue weighted by atomic mass is 32.2. The molecule has 9 heteroatoms. The highest BCUT2D eigenvalue weighted by Crippen LogP contribution is 2.31. The van der Waals surface area contributed by atoms with Gasteiger partial charge in [0.1, 0.15) is 9.77 Å². The number of amides is 1. The fraction of sp³-hybridized carbons (Fsp3) is 0.706. The monoisotopic (exact) mass is 399 g/mol. The molecule has 3 fully saturated rings. The molecule has 0 spiro atoms. The van der Waals surface area contributed by atoms with E-state index < -0.39 is 10.0 Å². The van der Waals surface area contributed by atoms with Crippen LogP contribution in [0.5, 0.6) is 0 Å². The molecule has 1 N–H and O–H groups in total. The summed E-state index contributed by atoms with van der Waals surface area (Å²) in [6.45, 7) is 4.95. The van der Waals surface area contributed by atoms with Crippen LogP contribution in [0.15, 0.2) is 16.3 Å². The summed E-state index contributed by atoms with van der Waals surface area (Å²) in [5, 5.41) is 5.14. The number of morpholine rings is 1. The minimum atomic E-state index is -3.65.